The summed E-state index contributed by atoms with van der Waals surface area (Å²) in [6.07, 6.45) is 0.516. The number of hydrogen-bond donors (Lipinski definition) is 2. The standard InChI is InChI=1S/C20H17F3N4O/c1-12-11-17(19(28)24-10-9-13-5-7-14(21)8-6-13)26-20(25-12)27-18-15(22)3-2-4-16(18)23/h2-8,11H,9-10H2,1H3,(H,24,28)(H,25,26,27). The van der Waals surface area contributed by atoms with Gasteiger partial charge < -0.3 is 10.6 Å². The minimum Gasteiger partial charge on any atom is -0.350 e. The molecule has 0 aliphatic rings. The molecule has 5 nitrogen and oxygen atoms in total. The number of anilines is 2. The number of nitrogens with zero attached hydrogens (tertiary/aromatic N) is 2. The highest BCUT2D eigenvalue weighted by atomic mass is 19.1. The number of aryl methyl sites for hydroxylation is 1. The Kier molecular flexibility index (Phi) is 5.88. The molecule has 1 aromatic heterocycles. The quantitative estimate of drug-likeness (QED) is 0.674. The summed E-state index contributed by atoms with van der Waals surface area (Å²) in [5.74, 6) is -2.46. The topological polar surface area (TPSA) is 66.9 Å². The molecule has 0 bridgehead atoms. The van der Waals surface area contributed by atoms with E-state index in [1.807, 2.05) is 0 Å². The molecule has 2 aromatic carbocycles. The Morgan fingerprint density at radius 1 is 1.00 bits per heavy atom. The van der Waals surface area contributed by atoms with Crippen LogP contribution in [0.5, 0.6) is 0 Å². The van der Waals surface area contributed by atoms with E-state index in [0.29, 0.717) is 18.7 Å². The van der Waals surface area contributed by atoms with Gasteiger partial charge in [-0.3, -0.25) is 4.79 Å². The Bertz CT molecular complexity index is 973. The molecule has 8 heteroatoms. The Hall–Kier alpha value is -3.42. The molecule has 0 saturated carbocycles. The first kappa shape index (κ1) is 19.3. The summed E-state index contributed by atoms with van der Waals surface area (Å²) < 4.78 is 40.5. The molecular weight excluding hydrogens is 369 g/mol. The van der Waals surface area contributed by atoms with Crippen LogP contribution in [0.2, 0.25) is 0 Å². The number of hydrogen-bond acceptors (Lipinski definition) is 4. The van der Waals surface area contributed by atoms with E-state index in [0.717, 1.165) is 17.7 Å². The van der Waals surface area contributed by atoms with Gasteiger partial charge in [0.15, 0.2) is 0 Å². The van der Waals surface area contributed by atoms with Gasteiger partial charge in [-0.15, -0.1) is 0 Å². The van der Waals surface area contributed by atoms with Crippen LogP contribution in [0.3, 0.4) is 0 Å². The van der Waals surface area contributed by atoms with E-state index < -0.39 is 23.2 Å². The van der Waals surface area contributed by atoms with Crippen molar-refractivity contribution in [2.45, 2.75) is 13.3 Å². The maximum atomic E-state index is 13.8. The van der Waals surface area contributed by atoms with E-state index in [4.69, 9.17) is 0 Å². The van der Waals surface area contributed by atoms with Gasteiger partial charge in [-0.05, 0) is 49.2 Å². The average molecular weight is 386 g/mol. The van der Waals surface area contributed by atoms with Gasteiger partial charge in [-0.25, -0.2) is 23.1 Å². The second kappa shape index (κ2) is 8.51. The summed E-state index contributed by atoms with van der Waals surface area (Å²) in [7, 11) is 0. The van der Waals surface area contributed by atoms with E-state index in [-0.39, 0.29) is 17.5 Å². The van der Waals surface area contributed by atoms with Gasteiger partial charge in [0.05, 0.1) is 0 Å². The van der Waals surface area contributed by atoms with E-state index in [9.17, 15) is 18.0 Å². The van der Waals surface area contributed by atoms with E-state index in [1.54, 1.807) is 19.1 Å². The minimum atomic E-state index is -0.796. The minimum absolute atomic E-state index is 0.0610. The van der Waals surface area contributed by atoms with E-state index in [1.165, 1.54) is 24.3 Å². The van der Waals surface area contributed by atoms with Crippen LogP contribution >= 0.6 is 0 Å². The van der Waals surface area contributed by atoms with E-state index in [2.05, 4.69) is 20.6 Å². The molecule has 2 N–H and O–H groups in total. The van der Waals surface area contributed by atoms with Gasteiger partial charge in [0.25, 0.3) is 5.91 Å². The molecule has 1 heterocycles. The molecule has 1 amide bonds. The van der Waals surface area contributed by atoms with Crippen molar-refractivity contribution in [2.75, 3.05) is 11.9 Å². The van der Waals surface area contributed by atoms with Crippen LogP contribution in [0.1, 0.15) is 21.7 Å². The lowest BCUT2D eigenvalue weighted by Crippen LogP contribution is -2.27. The van der Waals surface area contributed by atoms with Gasteiger partial charge in [-0.2, -0.15) is 0 Å². The summed E-state index contributed by atoms with van der Waals surface area (Å²) in [5, 5.41) is 5.18. The second-order valence-electron chi connectivity index (χ2n) is 6.07. The fourth-order valence-electron chi connectivity index (χ4n) is 2.53. The number of nitrogens with one attached hydrogen (secondary N) is 2. The summed E-state index contributed by atoms with van der Waals surface area (Å²) in [4.78, 5) is 20.4. The second-order valence-corrected chi connectivity index (χ2v) is 6.07. The predicted octanol–water partition coefficient (Wildman–Crippen LogP) is 3.92. The maximum Gasteiger partial charge on any atom is 0.270 e. The predicted molar refractivity (Wildman–Crippen MR) is 98.8 cm³/mol. The Balaban J connectivity index is 1.68. The summed E-state index contributed by atoms with van der Waals surface area (Å²) >= 11 is 0. The Labute approximate surface area is 159 Å². The van der Waals surface area contributed by atoms with Crippen LogP contribution in [-0.2, 0) is 6.42 Å². The molecule has 0 unspecified atom stereocenters. The van der Waals surface area contributed by atoms with Gasteiger partial charge in [0.2, 0.25) is 5.95 Å². The van der Waals surface area contributed by atoms with Crippen molar-refractivity contribution >= 4 is 17.5 Å². The number of carbonyl (C=O) groups excluding carboxylic acids is 1. The first-order chi connectivity index (χ1) is 13.4. The highest BCUT2D eigenvalue weighted by Crippen LogP contribution is 2.21. The molecule has 0 aliphatic heterocycles. The Morgan fingerprint density at radius 3 is 2.36 bits per heavy atom. The smallest absolute Gasteiger partial charge is 0.270 e. The monoisotopic (exact) mass is 386 g/mol. The fourth-order valence-corrected chi connectivity index (χ4v) is 2.53. The van der Waals surface area contributed by atoms with Gasteiger partial charge in [-0.1, -0.05) is 18.2 Å². The highest BCUT2D eigenvalue weighted by Gasteiger charge is 2.14. The van der Waals surface area contributed by atoms with E-state index >= 15 is 0 Å². The normalized spacial score (nSPS) is 10.6. The molecule has 0 atom stereocenters. The highest BCUT2D eigenvalue weighted by molar-refractivity contribution is 5.92. The lowest BCUT2D eigenvalue weighted by Gasteiger charge is -2.10. The number of benzene rings is 2. The number of halogens is 3. The molecule has 0 radical (unpaired) electrons. The van der Waals surface area contributed by atoms with Crippen molar-refractivity contribution in [2.24, 2.45) is 0 Å². The van der Waals surface area contributed by atoms with Crippen molar-refractivity contribution < 1.29 is 18.0 Å². The van der Waals surface area contributed by atoms with Crippen LogP contribution in [0.15, 0.2) is 48.5 Å². The van der Waals surface area contributed by atoms with Crippen molar-refractivity contribution in [3.63, 3.8) is 0 Å². The van der Waals surface area contributed by atoms with Crippen LogP contribution in [0.25, 0.3) is 0 Å². The van der Waals surface area contributed by atoms with Crippen LogP contribution in [-0.4, -0.2) is 22.4 Å². The average Bonchev–Trinajstić information content (AvgIpc) is 2.66. The molecule has 28 heavy (non-hydrogen) atoms. The third-order valence-corrected chi connectivity index (χ3v) is 3.90. The van der Waals surface area contributed by atoms with Crippen LogP contribution in [0.4, 0.5) is 24.8 Å². The summed E-state index contributed by atoms with van der Waals surface area (Å²) in [6.45, 7) is 1.96. The number of para-hydroxylation sites is 1. The lowest BCUT2D eigenvalue weighted by atomic mass is 10.1. The van der Waals surface area contributed by atoms with Crippen molar-refractivity contribution in [1.82, 2.24) is 15.3 Å². The van der Waals surface area contributed by atoms with Crippen molar-refractivity contribution in [3.8, 4) is 0 Å². The zero-order valence-electron chi connectivity index (χ0n) is 15.0. The molecule has 144 valence electrons. The van der Waals surface area contributed by atoms with Gasteiger partial charge >= 0.3 is 0 Å². The summed E-state index contributed by atoms with van der Waals surface area (Å²) in [5.41, 5.74) is 0.998. The largest absolute Gasteiger partial charge is 0.350 e. The molecule has 0 fully saturated rings. The number of aromatic nitrogens is 2. The fraction of sp³-hybridized carbons (Fsp3) is 0.150. The van der Waals surface area contributed by atoms with Crippen molar-refractivity contribution in [3.05, 3.63) is 82.9 Å². The first-order valence-corrected chi connectivity index (χ1v) is 8.52. The third kappa shape index (κ3) is 4.85. The zero-order chi connectivity index (χ0) is 20.1. The van der Waals surface area contributed by atoms with Crippen LogP contribution < -0.4 is 10.6 Å². The molecular formula is C20H17F3N4O. The van der Waals surface area contributed by atoms with Crippen molar-refractivity contribution in [1.29, 1.82) is 0 Å². The first-order valence-electron chi connectivity index (χ1n) is 8.52. The third-order valence-electron chi connectivity index (χ3n) is 3.90. The number of carbonyl (C=O) groups is 1. The Morgan fingerprint density at radius 2 is 1.68 bits per heavy atom. The lowest BCUT2D eigenvalue weighted by molar-refractivity contribution is 0.0949. The SMILES string of the molecule is Cc1cc(C(=O)NCCc2ccc(F)cc2)nc(Nc2c(F)cccc2F)n1. The number of amides is 1. The van der Waals surface area contributed by atoms with Gasteiger partial charge in [0.1, 0.15) is 28.8 Å². The summed E-state index contributed by atoms with van der Waals surface area (Å²) in [6, 6.07) is 10.9. The molecule has 3 aromatic rings. The molecule has 3 rings (SSSR count). The zero-order valence-corrected chi connectivity index (χ0v) is 15.0. The molecule has 0 aliphatic carbocycles. The maximum absolute atomic E-state index is 13.8. The molecule has 0 saturated heterocycles. The number of rotatable bonds is 6. The van der Waals surface area contributed by atoms with Gasteiger partial charge in [0, 0.05) is 12.2 Å². The van der Waals surface area contributed by atoms with Crippen LogP contribution in [0, 0.1) is 24.4 Å². The molecule has 0 spiro atoms.